The number of hydrogen-bond acceptors (Lipinski definition) is 4. The lowest BCUT2D eigenvalue weighted by atomic mass is 10.3. The fourth-order valence-corrected chi connectivity index (χ4v) is 0.734. The van der Waals surface area contributed by atoms with Crippen LogP contribution in [0.2, 0.25) is 0 Å². The number of carbonyl (C=O) groups is 1. The molecule has 0 atom stereocenters. The zero-order chi connectivity index (χ0) is 10.1. The molecule has 1 rings (SSSR count). The molecule has 0 aliphatic heterocycles. The Bertz CT molecular complexity index is 270. The third kappa shape index (κ3) is 4.50. The normalized spacial score (nSPS) is 7.92. The van der Waals surface area contributed by atoms with Crippen molar-refractivity contribution in [3.8, 4) is 0 Å². The van der Waals surface area contributed by atoms with Crippen molar-refractivity contribution in [2.75, 3.05) is 11.9 Å². The van der Waals surface area contributed by atoms with Crippen LogP contribution in [0.4, 0.5) is 5.69 Å². The van der Waals surface area contributed by atoms with Crippen molar-refractivity contribution in [3.05, 3.63) is 30.3 Å². The standard InChI is InChI=1S/C8H10N2O.N2/c9-6-8(11)10-7-4-2-1-3-5-7;1-2/h1-5H,6,9H2,(H,10,11);. The molecule has 3 N–H and O–H groups in total. The Hall–Kier alpha value is -1.93. The highest BCUT2D eigenvalue weighted by molar-refractivity contribution is 5.91. The number of carbonyl (C=O) groups excluding carboxylic acids is 1. The largest absolute Gasteiger partial charge is 0.325 e. The summed E-state index contributed by atoms with van der Waals surface area (Å²) in [4.78, 5) is 10.7. The van der Waals surface area contributed by atoms with Crippen LogP contribution in [-0.2, 0) is 4.79 Å². The predicted octanol–water partition coefficient (Wildman–Crippen LogP) is 0.614. The van der Waals surface area contributed by atoms with Crippen LogP contribution in [0, 0.1) is 10.8 Å². The third-order valence-corrected chi connectivity index (χ3v) is 1.24. The molecule has 1 amide bonds. The molecule has 0 aliphatic carbocycles. The van der Waals surface area contributed by atoms with Crippen molar-refractivity contribution in [2.24, 2.45) is 5.73 Å². The monoisotopic (exact) mass is 178 g/mol. The van der Waals surface area contributed by atoms with Gasteiger partial charge in [0.1, 0.15) is 0 Å². The number of para-hydroxylation sites is 1. The summed E-state index contributed by atoms with van der Waals surface area (Å²) in [7, 11) is 0. The second-order valence-electron chi connectivity index (χ2n) is 2.12. The minimum Gasteiger partial charge on any atom is -0.325 e. The highest BCUT2D eigenvalue weighted by Gasteiger charge is 1.95. The van der Waals surface area contributed by atoms with Crippen LogP contribution in [0.5, 0.6) is 0 Å². The predicted molar refractivity (Wildman–Crippen MR) is 47.6 cm³/mol. The van der Waals surface area contributed by atoms with Gasteiger partial charge < -0.3 is 11.1 Å². The van der Waals surface area contributed by atoms with Crippen LogP contribution in [0.15, 0.2) is 30.3 Å². The Morgan fingerprint density at radius 2 is 1.85 bits per heavy atom. The second kappa shape index (κ2) is 6.76. The topological polar surface area (TPSA) is 103 Å². The van der Waals surface area contributed by atoms with Gasteiger partial charge in [0.25, 0.3) is 0 Å². The SMILES string of the molecule is N#N.NCC(=O)Nc1ccccc1. The van der Waals surface area contributed by atoms with E-state index in [0.717, 1.165) is 5.69 Å². The first-order valence-electron chi connectivity index (χ1n) is 3.58. The van der Waals surface area contributed by atoms with Crippen LogP contribution >= 0.6 is 0 Å². The zero-order valence-electron chi connectivity index (χ0n) is 6.97. The van der Waals surface area contributed by atoms with Gasteiger partial charge in [-0.3, -0.25) is 4.79 Å². The molecular weight excluding hydrogens is 168 g/mol. The number of anilines is 1. The van der Waals surface area contributed by atoms with Crippen molar-refractivity contribution >= 4 is 11.6 Å². The van der Waals surface area contributed by atoms with E-state index in [-0.39, 0.29) is 12.5 Å². The molecule has 0 aromatic heterocycles. The molecule has 1 aromatic rings. The Kier molecular flexibility index (Phi) is 5.76. The van der Waals surface area contributed by atoms with Crippen molar-refractivity contribution in [1.29, 1.82) is 10.8 Å². The number of amides is 1. The van der Waals surface area contributed by atoms with Crippen molar-refractivity contribution in [2.45, 2.75) is 0 Å². The molecule has 68 valence electrons. The molecule has 5 heteroatoms. The van der Waals surface area contributed by atoms with Crippen molar-refractivity contribution in [3.63, 3.8) is 0 Å². The second-order valence-corrected chi connectivity index (χ2v) is 2.12. The number of rotatable bonds is 2. The first-order chi connectivity index (χ1) is 6.33. The first kappa shape index (κ1) is 11.1. The van der Waals surface area contributed by atoms with E-state index in [1.165, 1.54) is 0 Å². The molecule has 5 nitrogen and oxygen atoms in total. The van der Waals surface area contributed by atoms with E-state index in [2.05, 4.69) is 5.32 Å². The molecule has 0 bridgehead atoms. The summed E-state index contributed by atoms with van der Waals surface area (Å²) in [5, 5.41) is 14.6. The van der Waals surface area contributed by atoms with Gasteiger partial charge in [-0.25, -0.2) is 0 Å². The number of nitrogens with zero attached hydrogens (tertiary/aromatic N) is 2. The minimum absolute atomic E-state index is 0.0227. The van der Waals surface area contributed by atoms with Crippen molar-refractivity contribution in [1.82, 2.24) is 0 Å². The zero-order valence-corrected chi connectivity index (χ0v) is 6.97. The number of hydrogen-bond donors (Lipinski definition) is 2. The summed E-state index contributed by atoms with van der Waals surface area (Å²) in [6.07, 6.45) is 0. The Balaban J connectivity index is 0.000000671. The summed E-state index contributed by atoms with van der Waals surface area (Å²) < 4.78 is 0. The molecule has 0 radical (unpaired) electrons. The maximum atomic E-state index is 10.7. The Labute approximate surface area is 76.0 Å². The smallest absolute Gasteiger partial charge is 0.238 e. The maximum Gasteiger partial charge on any atom is 0.238 e. The van der Waals surface area contributed by atoms with E-state index in [1.807, 2.05) is 30.3 Å². The van der Waals surface area contributed by atoms with E-state index in [0.29, 0.717) is 0 Å². The molecule has 0 fully saturated rings. The molecule has 0 saturated heterocycles. The molecule has 0 heterocycles. The van der Waals surface area contributed by atoms with E-state index < -0.39 is 0 Å². The van der Waals surface area contributed by atoms with Gasteiger partial charge in [0.05, 0.1) is 6.54 Å². The van der Waals surface area contributed by atoms with Gasteiger partial charge in [-0.15, -0.1) is 0 Å². The van der Waals surface area contributed by atoms with Gasteiger partial charge in [-0.1, -0.05) is 18.2 Å². The Morgan fingerprint density at radius 1 is 1.31 bits per heavy atom. The molecule has 0 saturated carbocycles. The van der Waals surface area contributed by atoms with E-state index in [9.17, 15) is 4.79 Å². The number of nitrogens with one attached hydrogen (secondary N) is 1. The highest BCUT2D eigenvalue weighted by atomic mass is 16.1. The fraction of sp³-hybridized carbons (Fsp3) is 0.125. The molecule has 0 spiro atoms. The van der Waals surface area contributed by atoms with Crippen LogP contribution in [0.25, 0.3) is 0 Å². The van der Waals surface area contributed by atoms with Gasteiger partial charge >= 0.3 is 0 Å². The molecule has 13 heavy (non-hydrogen) atoms. The van der Waals surface area contributed by atoms with Gasteiger partial charge in [0.2, 0.25) is 5.91 Å². The number of nitrogens with two attached hydrogens (primary N) is 1. The van der Waals surface area contributed by atoms with Crippen LogP contribution < -0.4 is 11.1 Å². The van der Waals surface area contributed by atoms with Crippen LogP contribution in [0.3, 0.4) is 0 Å². The summed E-state index contributed by atoms with van der Waals surface area (Å²) in [5.41, 5.74) is 5.89. The number of benzene rings is 1. The van der Waals surface area contributed by atoms with Gasteiger partial charge in [0.15, 0.2) is 0 Å². The lowest BCUT2D eigenvalue weighted by Gasteiger charge is -2.00. The van der Waals surface area contributed by atoms with E-state index in [1.54, 1.807) is 0 Å². The highest BCUT2D eigenvalue weighted by Crippen LogP contribution is 2.03. The maximum absolute atomic E-state index is 10.7. The van der Waals surface area contributed by atoms with Crippen LogP contribution in [0.1, 0.15) is 0 Å². The lowest BCUT2D eigenvalue weighted by Crippen LogP contribution is -2.21. The van der Waals surface area contributed by atoms with Gasteiger partial charge in [-0.2, -0.15) is 0 Å². The van der Waals surface area contributed by atoms with E-state index >= 15 is 0 Å². The summed E-state index contributed by atoms with van der Waals surface area (Å²) in [6.45, 7) is 0.0227. The molecule has 0 aliphatic rings. The molecule has 1 aromatic carbocycles. The van der Waals surface area contributed by atoms with Crippen molar-refractivity contribution < 1.29 is 4.79 Å². The molecular formula is C8H10N4O. The Morgan fingerprint density at radius 3 is 2.31 bits per heavy atom. The van der Waals surface area contributed by atoms with E-state index in [4.69, 9.17) is 16.5 Å². The third-order valence-electron chi connectivity index (χ3n) is 1.24. The van der Waals surface area contributed by atoms with Crippen LogP contribution in [-0.4, -0.2) is 12.5 Å². The average molecular weight is 178 g/mol. The quantitative estimate of drug-likeness (QED) is 0.647. The summed E-state index contributed by atoms with van der Waals surface area (Å²) >= 11 is 0. The average Bonchev–Trinajstić information content (AvgIpc) is 2.22. The molecule has 0 unspecified atom stereocenters. The fourth-order valence-electron chi connectivity index (χ4n) is 0.734. The van der Waals surface area contributed by atoms with Gasteiger partial charge in [0, 0.05) is 16.5 Å². The summed E-state index contributed by atoms with van der Waals surface area (Å²) in [6, 6.07) is 9.22. The minimum atomic E-state index is -0.170. The first-order valence-corrected chi connectivity index (χ1v) is 3.58. The summed E-state index contributed by atoms with van der Waals surface area (Å²) in [5.74, 6) is -0.170. The lowest BCUT2D eigenvalue weighted by molar-refractivity contribution is -0.114. The van der Waals surface area contributed by atoms with Gasteiger partial charge in [-0.05, 0) is 12.1 Å².